The maximum atomic E-state index is 15.5. The van der Waals surface area contributed by atoms with Gasteiger partial charge in [-0.3, -0.25) is 14.4 Å². The molecule has 1 unspecified atom stereocenters. The summed E-state index contributed by atoms with van der Waals surface area (Å²) in [6, 6.07) is 7.95. The Labute approximate surface area is 318 Å². The smallest absolute Gasteiger partial charge is 0.419 e. The van der Waals surface area contributed by atoms with Gasteiger partial charge in [0.15, 0.2) is 6.04 Å². The molecule has 296 valence electrons. The molecule has 10 nitrogen and oxygen atoms in total. The number of anilines is 1. The van der Waals surface area contributed by atoms with Crippen LogP contribution in [-0.2, 0) is 25.3 Å². The Balaban J connectivity index is 1.16. The molecule has 0 radical (unpaired) electrons. The van der Waals surface area contributed by atoms with Crippen LogP contribution in [0.4, 0.5) is 27.6 Å². The lowest BCUT2D eigenvalue weighted by Gasteiger charge is -2.30. The topological polar surface area (TPSA) is 143 Å². The number of fused-ring (bicyclic) bond motifs is 2. The zero-order valence-electron chi connectivity index (χ0n) is 30.3. The Morgan fingerprint density at radius 1 is 0.875 bits per heavy atom. The molecule has 3 aromatic rings. The molecule has 4 aliphatic rings. The molecule has 1 aliphatic heterocycles. The number of alkyl halides is 3. The number of rotatable bonds is 11. The Bertz CT molecular complexity index is 2080. The predicted molar refractivity (Wildman–Crippen MR) is 192 cm³/mol. The maximum Gasteiger partial charge on any atom is 0.419 e. The minimum Gasteiger partial charge on any atom is -0.496 e. The minimum absolute atomic E-state index is 0.0135. The number of carboxylic acids is 1. The summed E-state index contributed by atoms with van der Waals surface area (Å²) in [7, 11) is 1.34. The van der Waals surface area contributed by atoms with Crippen LogP contribution in [0.15, 0.2) is 66.2 Å². The molecule has 1 saturated heterocycles. The zero-order valence-corrected chi connectivity index (χ0v) is 30.3. The number of allylic oxidation sites excluding steroid dienone is 1. The van der Waals surface area contributed by atoms with Gasteiger partial charge in [-0.1, -0.05) is 23.8 Å². The molecule has 4 N–H and O–H groups in total. The molecule has 3 amide bonds. The van der Waals surface area contributed by atoms with E-state index in [1.165, 1.54) is 37.4 Å². The molecule has 1 heterocycles. The number of amides is 3. The fourth-order valence-corrected chi connectivity index (χ4v) is 8.34. The van der Waals surface area contributed by atoms with Crippen molar-refractivity contribution in [3.05, 3.63) is 94.6 Å². The van der Waals surface area contributed by atoms with Crippen molar-refractivity contribution >= 4 is 29.4 Å². The number of hydrogen-bond donors (Lipinski definition) is 4. The summed E-state index contributed by atoms with van der Waals surface area (Å²) in [6.45, 7) is 0.750. The van der Waals surface area contributed by atoms with E-state index in [1.807, 2.05) is 0 Å². The molecule has 0 aromatic heterocycles. The Hall–Kier alpha value is -5.31. The van der Waals surface area contributed by atoms with E-state index >= 15 is 4.39 Å². The van der Waals surface area contributed by atoms with Crippen molar-refractivity contribution in [2.24, 2.45) is 29.6 Å². The fourth-order valence-electron chi connectivity index (χ4n) is 8.34. The van der Waals surface area contributed by atoms with Gasteiger partial charge in [0.25, 0.3) is 5.91 Å². The van der Waals surface area contributed by atoms with Gasteiger partial charge in [0.1, 0.15) is 17.4 Å². The normalized spacial score (nSPS) is 23.4. The molecule has 3 aliphatic carbocycles. The molecule has 4 fully saturated rings. The summed E-state index contributed by atoms with van der Waals surface area (Å²) in [5.74, 6) is -6.63. The first kappa shape index (κ1) is 38.9. The number of carbonyl (C=O) groups excluding carboxylic acids is 3. The van der Waals surface area contributed by atoms with Gasteiger partial charge in [0.05, 0.1) is 24.2 Å². The van der Waals surface area contributed by atoms with Gasteiger partial charge in [0.2, 0.25) is 11.8 Å². The lowest BCUT2D eigenvalue weighted by atomic mass is 9.83. The average Bonchev–Trinajstić information content (AvgIpc) is 3.85. The van der Waals surface area contributed by atoms with Crippen molar-refractivity contribution in [1.29, 1.82) is 0 Å². The van der Waals surface area contributed by atoms with Crippen LogP contribution < -0.4 is 20.7 Å². The van der Waals surface area contributed by atoms with Gasteiger partial charge < -0.3 is 30.5 Å². The second-order valence-corrected chi connectivity index (χ2v) is 14.8. The van der Waals surface area contributed by atoms with Gasteiger partial charge in [-0.15, -0.1) is 0 Å². The number of nitrogens with one attached hydrogen (secondary N) is 3. The average molecular weight is 782 g/mol. The van der Waals surface area contributed by atoms with E-state index < -0.39 is 71.0 Å². The van der Waals surface area contributed by atoms with Crippen LogP contribution in [0.1, 0.15) is 66.1 Å². The van der Waals surface area contributed by atoms with Crippen LogP contribution in [-0.4, -0.2) is 55.2 Å². The minimum atomic E-state index is -4.98. The van der Waals surface area contributed by atoms with Crippen molar-refractivity contribution in [2.45, 2.75) is 56.8 Å². The fraction of sp³-hybridized carbons (Fsp3) is 0.415. The van der Waals surface area contributed by atoms with E-state index in [9.17, 15) is 41.8 Å². The van der Waals surface area contributed by atoms with Gasteiger partial charge >= 0.3 is 12.1 Å². The molecular formula is C41H40F5N3O7. The van der Waals surface area contributed by atoms with Crippen LogP contribution >= 0.6 is 0 Å². The first-order valence-corrected chi connectivity index (χ1v) is 18.5. The third-order valence-corrected chi connectivity index (χ3v) is 11.3. The molecule has 5 atom stereocenters. The monoisotopic (exact) mass is 781 g/mol. The largest absolute Gasteiger partial charge is 0.496 e. The summed E-state index contributed by atoms with van der Waals surface area (Å²) in [5, 5.41) is 18.1. The SMILES string of the molecule is COc1ccc(-c2cc(C(NC(=O)C3CCOCC3)C(=O)O)ccc2F)cc1C(=O)N[C@H]1[C@@H](C(=O)Nc2ccc(F)c(C(F)(F)F)c2)[C@H]2CC[C@@H]1/C2=C\C1CC1. The number of carbonyl (C=O) groups is 4. The highest BCUT2D eigenvalue weighted by atomic mass is 19.4. The summed E-state index contributed by atoms with van der Waals surface area (Å²) >= 11 is 0. The Kier molecular flexibility index (Phi) is 10.9. The summed E-state index contributed by atoms with van der Waals surface area (Å²) < 4.78 is 80.7. The quantitative estimate of drug-likeness (QED) is 0.121. The van der Waals surface area contributed by atoms with E-state index in [2.05, 4.69) is 22.0 Å². The lowest BCUT2D eigenvalue weighted by molar-refractivity contribution is -0.143. The Morgan fingerprint density at radius 3 is 2.27 bits per heavy atom. The molecule has 3 saturated carbocycles. The van der Waals surface area contributed by atoms with Crippen molar-refractivity contribution in [3.63, 3.8) is 0 Å². The third-order valence-electron chi connectivity index (χ3n) is 11.3. The third kappa shape index (κ3) is 7.99. The van der Waals surface area contributed by atoms with Gasteiger partial charge in [-0.2, -0.15) is 13.2 Å². The highest BCUT2D eigenvalue weighted by Gasteiger charge is 2.55. The summed E-state index contributed by atoms with van der Waals surface area (Å²) in [6.07, 6.45) is 1.31. The van der Waals surface area contributed by atoms with Crippen molar-refractivity contribution in [2.75, 3.05) is 25.6 Å². The standard InChI is InChI=1S/C41H40F5N3O7/c1-55-33-11-5-22(27-18-23(4-9-31(27)42)35(40(53)54)48-37(50)21-12-14-56-15-13-21)17-29(33)38(51)49-36-26-8-7-25(28(26)16-20-2-3-20)34(36)39(52)47-24-6-10-32(43)30(19-24)41(44,45)46/h4-6,9-11,16-21,25-26,34-36H,2-3,7-8,12-15H2,1H3,(H,47,52)(H,48,50)(H,49,51)(H,53,54)/b28-16-/t25-,26+,34-,35?,36+/m0/s1. The second-order valence-electron chi connectivity index (χ2n) is 14.8. The number of carboxylic acid groups (broad SMARTS) is 1. The number of aliphatic carboxylic acids is 1. The van der Waals surface area contributed by atoms with Crippen LogP contribution in [0.3, 0.4) is 0 Å². The van der Waals surface area contributed by atoms with E-state index in [4.69, 9.17) is 9.47 Å². The molecule has 15 heteroatoms. The highest BCUT2D eigenvalue weighted by molar-refractivity contribution is 6.00. The van der Waals surface area contributed by atoms with Crippen molar-refractivity contribution < 1.29 is 55.7 Å². The van der Waals surface area contributed by atoms with Crippen LogP contribution in [0.2, 0.25) is 0 Å². The number of methoxy groups -OCH3 is 1. The van der Waals surface area contributed by atoms with Crippen LogP contribution in [0, 0.1) is 41.2 Å². The first-order valence-electron chi connectivity index (χ1n) is 18.5. The molecule has 7 rings (SSSR count). The lowest BCUT2D eigenvalue weighted by Crippen LogP contribution is -2.48. The molecule has 3 aromatic carbocycles. The summed E-state index contributed by atoms with van der Waals surface area (Å²) in [4.78, 5) is 53.4. The highest BCUT2D eigenvalue weighted by Crippen LogP contribution is 2.54. The summed E-state index contributed by atoms with van der Waals surface area (Å²) in [5.41, 5.74) is -0.500. The van der Waals surface area contributed by atoms with Crippen LogP contribution in [0.25, 0.3) is 11.1 Å². The zero-order chi connectivity index (χ0) is 39.9. The number of halogens is 5. The number of hydrogen-bond acceptors (Lipinski definition) is 6. The van der Waals surface area contributed by atoms with E-state index in [0.717, 1.165) is 30.5 Å². The number of benzene rings is 3. The number of ether oxygens (including phenoxy) is 2. The van der Waals surface area contributed by atoms with Gasteiger partial charge in [-0.25, -0.2) is 13.6 Å². The van der Waals surface area contributed by atoms with E-state index in [1.54, 1.807) is 0 Å². The van der Waals surface area contributed by atoms with Crippen molar-refractivity contribution in [1.82, 2.24) is 10.6 Å². The van der Waals surface area contributed by atoms with E-state index in [0.29, 0.717) is 56.9 Å². The molecule has 2 bridgehead atoms. The molecule has 0 spiro atoms. The molecule has 56 heavy (non-hydrogen) atoms. The van der Waals surface area contributed by atoms with Gasteiger partial charge in [0, 0.05) is 42.3 Å². The van der Waals surface area contributed by atoms with Crippen LogP contribution in [0.5, 0.6) is 5.75 Å². The van der Waals surface area contributed by atoms with Crippen molar-refractivity contribution in [3.8, 4) is 16.9 Å². The second kappa shape index (κ2) is 15.7. The maximum absolute atomic E-state index is 15.5. The first-order chi connectivity index (χ1) is 26.7. The van der Waals surface area contributed by atoms with Gasteiger partial charge in [-0.05, 0) is 104 Å². The predicted octanol–water partition coefficient (Wildman–Crippen LogP) is 7.06. The molecular weight excluding hydrogens is 741 g/mol. The van der Waals surface area contributed by atoms with E-state index in [-0.39, 0.29) is 45.5 Å². The Morgan fingerprint density at radius 2 is 1.59 bits per heavy atom.